The summed E-state index contributed by atoms with van der Waals surface area (Å²) in [5.41, 5.74) is 6.38. The number of nitrogens with one attached hydrogen (secondary N) is 1. The van der Waals surface area contributed by atoms with Crippen molar-refractivity contribution in [3.8, 4) is 5.75 Å². The fraction of sp³-hybridized carbons (Fsp3) is 0.429. The monoisotopic (exact) mass is 293 g/mol. The number of rotatable bonds is 5. The minimum atomic E-state index is 0.127. The molecule has 0 bridgehead atoms. The van der Waals surface area contributed by atoms with Crippen LogP contribution in [0.15, 0.2) is 24.3 Å². The molecular formula is C14H19N3O2S. The predicted molar refractivity (Wildman–Crippen MR) is 81.9 cm³/mol. The van der Waals surface area contributed by atoms with Gasteiger partial charge in [-0.15, -0.1) is 0 Å². The van der Waals surface area contributed by atoms with Gasteiger partial charge in [0, 0.05) is 38.2 Å². The third kappa shape index (κ3) is 4.47. The van der Waals surface area contributed by atoms with Gasteiger partial charge in [-0.25, -0.2) is 0 Å². The summed E-state index contributed by atoms with van der Waals surface area (Å²) in [7, 11) is 0. The Kier molecular flexibility index (Phi) is 5.31. The second kappa shape index (κ2) is 7.21. The van der Waals surface area contributed by atoms with E-state index in [2.05, 4.69) is 10.2 Å². The van der Waals surface area contributed by atoms with Gasteiger partial charge in [-0.3, -0.25) is 9.69 Å². The van der Waals surface area contributed by atoms with E-state index in [9.17, 15) is 4.79 Å². The Morgan fingerprint density at radius 2 is 2.10 bits per heavy atom. The first-order chi connectivity index (χ1) is 9.65. The van der Waals surface area contributed by atoms with Crippen molar-refractivity contribution < 1.29 is 9.53 Å². The number of hydrogen-bond acceptors (Lipinski definition) is 4. The third-order valence-electron chi connectivity index (χ3n) is 3.22. The van der Waals surface area contributed by atoms with Gasteiger partial charge in [0.15, 0.2) is 0 Å². The van der Waals surface area contributed by atoms with Crippen LogP contribution in [0.1, 0.15) is 12.0 Å². The average molecular weight is 293 g/mol. The number of amides is 1. The summed E-state index contributed by atoms with van der Waals surface area (Å²) in [5.74, 6) is 0.927. The molecule has 1 aliphatic rings. The molecule has 1 aliphatic heterocycles. The summed E-state index contributed by atoms with van der Waals surface area (Å²) in [6.45, 7) is 3.78. The SMILES string of the molecule is NC(=S)c1ccc(OCCN2CCNC(=O)CC2)cc1. The maximum atomic E-state index is 11.2. The fourth-order valence-electron chi connectivity index (χ4n) is 2.04. The molecule has 108 valence electrons. The number of carbonyl (C=O) groups is 1. The molecule has 0 aromatic heterocycles. The number of hydrogen-bond donors (Lipinski definition) is 2. The number of carbonyl (C=O) groups excluding carboxylic acids is 1. The molecule has 1 saturated heterocycles. The molecule has 0 saturated carbocycles. The minimum Gasteiger partial charge on any atom is -0.492 e. The van der Waals surface area contributed by atoms with E-state index in [-0.39, 0.29) is 5.91 Å². The van der Waals surface area contributed by atoms with Crippen LogP contribution in [0.25, 0.3) is 0 Å². The summed E-state index contributed by atoms with van der Waals surface area (Å²) in [4.78, 5) is 13.8. The van der Waals surface area contributed by atoms with E-state index >= 15 is 0 Å². The Balaban J connectivity index is 1.75. The van der Waals surface area contributed by atoms with Gasteiger partial charge in [-0.1, -0.05) is 12.2 Å². The summed E-state index contributed by atoms with van der Waals surface area (Å²) in [6.07, 6.45) is 0.558. The molecular weight excluding hydrogens is 274 g/mol. The quantitative estimate of drug-likeness (QED) is 0.775. The smallest absolute Gasteiger partial charge is 0.221 e. The molecule has 1 heterocycles. The van der Waals surface area contributed by atoms with Crippen LogP contribution in [0.3, 0.4) is 0 Å². The second-order valence-electron chi connectivity index (χ2n) is 4.68. The van der Waals surface area contributed by atoms with Crippen LogP contribution < -0.4 is 15.8 Å². The van der Waals surface area contributed by atoms with Gasteiger partial charge < -0.3 is 15.8 Å². The van der Waals surface area contributed by atoms with Crippen molar-refractivity contribution in [1.29, 1.82) is 0 Å². The number of nitrogens with zero attached hydrogens (tertiary/aromatic N) is 1. The highest BCUT2D eigenvalue weighted by Gasteiger charge is 2.12. The lowest BCUT2D eigenvalue weighted by molar-refractivity contribution is -0.120. The number of ether oxygens (including phenoxy) is 1. The standard InChI is InChI=1S/C14H19N3O2S/c15-14(20)11-1-3-12(4-2-11)19-10-9-17-7-5-13(18)16-6-8-17/h1-4H,5-10H2,(H2,15,20)(H,16,18). The molecule has 1 aromatic carbocycles. The molecule has 1 fully saturated rings. The lowest BCUT2D eigenvalue weighted by Crippen LogP contribution is -2.32. The van der Waals surface area contributed by atoms with Gasteiger partial charge in [0.1, 0.15) is 17.3 Å². The van der Waals surface area contributed by atoms with Crippen LogP contribution in [0.5, 0.6) is 5.75 Å². The van der Waals surface area contributed by atoms with Gasteiger partial charge in [-0.05, 0) is 24.3 Å². The lowest BCUT2D eigenvalue weighted by Gasteiger charge is -2.18. The van der Waals surface area contributed by atoms with Crippen LogP contribution in [-0.2, 0) is 4.79 Å². The molecule has 20 heavy (non-hydrogen) atoms. The summed E-state index contributed by atoms with van der Waals surface area (Å²) >= 11 is 4.90. The van der Waals surface area contributed by atoms with Crippen molar-refractivity contribution >= 4 is 23.1 Å². The Morgan fingerprint density at radius 1 is 1.35 bits per heavy atom. The molecule has 0 unspecified atom stereocenters. The van der Waals surface area contributed by atoms with Gasteiger partial charge in [-0.2, -0.15) is 0 Å². The predicted octanol–water partition coefficient (Wildman–Crippen LogP) is 0.522. The summed E-state index contributed by atoms with van der Waals surface area (Å²) < 4.78 is 5.68. The number of thiocarbonyl (C=S) groups is 1. The zero-order valence-electron chi connectivity index (χ0n) is 11.3. The van der Waals surface area contributed by atoms with Crippen LogP contribution in [0, 0.1) is 0 Å². The zero-order valence-corrected chi connectivity index (χ0v) is 12.1. The minimum absolute atomic E-state index is 0.127. The number of benzene rings is 1. The number of nitrogens with two attached hydrogens (primary N) is 1. The van der Waals surface area contributed by atoms with E-state index in [0.29, 0.717) is 24.6 Å². The molecule has 0 radical (unpaired) electrons. The van der Waals surface area contributed by atoms with Crippen LogP contribution in [-0.4, -0.2) is 48.6 Å². The highest BCUT2D eigenvalue weighted by atomic mass is 32.1. The van der Waals surface area contributed by atoms with Crippen LogP contribution in [0.4, 0.5) is 0 Å². The molecule has 1 aromatic rings. The summed E-state index contributed by atoms with van der Waals surface area (Å²) in [6, 6.07) is 7.43. The Morgan fingerprint density at radius 3 is 2.80 bits per heavy atom. The van der Waals surface area contributed by atoms with E-state index in [1.165, 1.54) is 0 Å². The summed E-state index contributed by atoms with van der Waals surface area (Å²) in [5, 5.41) is 2.85. The van der Waals surface area contributed by atoms with E-state index in [1.807, 2.05) is 24.3 Å². The molecule has 2 rings (SSSR count). The highest BCUT2D eigenvalue weighted by Crippen LogP contribution is 2.12. The highest BCUT2D eigenvalue weighted by molar-refractivity contribution is 7.80. The van der Waals surface area contributed by atoms with Gasteiger partial charge in [0.2, 0.25) is 5.91 Å². The molecule has 6 heteroatoms. The molecule has 5 nitrogen and oxygen atoms in total. The Labute approximate surface area is 124 Å². The fourth-order valence-corrected chi connectivity index (χ4v) is 2.18. The largest absolute Gasteiger partial charge is 0.492 e. The van der Waals surface area contributed by atoms with Crippen molar-refractivity contribution in [2.24, 2.45) is 5.73 Å². The molecule has 0 atom stereocenters. The van der Waals surface area contributed by atoms with E-state index in [0.717, 1.165) is 30.9 Å². The Hall–Kier alpha value is -1.66. The van der Waals surface area contributed by atoms with Crippen molar-refractivity contribution in [1.82, 2.24) is 10.2 Å². The second-order valence-corrected chi connectivity index (χ2v) is 5.12. The average Bonchev–Trinajstić information content (AvgIpc) is 2.64. The maximum absolute atomic E-state index is 11.2. The molecule has 3 N–H and O–H groups in total. The van der Waals surface area contributed by atoms with E-state index in [1.54, 1.807) is 0 Å². The van der Waals surface area contributed by atoms with Gasteiger partial charge in [0.05, 0.1) is 0 Å². The lowest BCUT2D eigenvalue weighted by atomic mass is 10.2. The molecule has 1 amide bonds. The first-order valence-corrected chi connectivity index (χ1v) is 7.08. The molecule has 0 aliphatic carbocycles. The first kappa shape index (κ1) is 14.7. The molecule has 0 spiro atoms. The topological polar surface area (TPSA) is 67.6 Å². The van der Waals surface area contributed by atoms with Crippen LogP contribution in [0.2, 0.25) is 0 Å². The Bertz CT molecular complexity index is 476. The van der Waals surface area contributed by atoms with Crippen molar-refractivity contribution in [2.45, 2.75) is 6.42 Å². The third-order valence-corrected chi connectivity index (χ3v) is 3.46. The van der Waals surface area contributed by atoms with E-state index in [4.69, 9.17) is 22.7 Å². The van der Waals surface area contributed by atoms with E-state index < -0.39 is 0 Å². The van der Waals surface area contributed by atoms with Crippen LogP contribution >= 0.6 is 12.2 Å². The maximum Gasteiger partial charge on any atom is 0.221 e. The van der Waals surface area contributed by atoms with Crippen molar-refractivity contribution in [2.75, 3.05) is 32.8 Å². The van der Waals surface area contributed by atoms with Crippen molar-refractivity contribution in [3.05, 3.63) is 29.8 Å². The zero-order chi connectivity index (χ0) is 14.4. The normalized spacial score (nSPS) is 16.3. The van der Waals surface area contributed by atoms with Crippen molar-refractivity contribution in [3.63, 3.8) is 0 Å². The first-order valence-electron chi connectivity index (χ1n) is 6.67. The van der Waals surface area contributed by atoms with Gasteiger partial charge >= 0.3 is 0 Å². The van der Waals surface area contributed by atoms with Gasteiger partial charge in [0.25, 0.3) is 0 Å².